The quantitative estimate of drug-likeness (QED) is 0.693. The Kier molecular flexibility index (Phi) is 6.81. The summed E-state index contributed by atoms with van der Waals surface area (Å²) in [5.41, 5.74) is 2.07. The Hall–Kier alpha value is -1.02. The number of hydrogen-bond acceptors (Lipinski definition) is 2. The lowest BCUT2D eigenvalue weighted by Gasteiger charge is -2.13. The van der Waals surface area contributed by atoms with Gasteiger partial charge < -0.3 is 9.84 Å². The van der Waals surface area contributed by atoms with E-state index in [1.807, 2.05) is 25.1 Å². The molecule has 2 heteroatoms. The molecule has 18 heavy (non-hydrogen) atoms. The van der Waals surface area contributed by atoms with Gasteiger partial charge in [-0.2, -0.15) is 0 Å². The topological polar surface area (TPSA) is 29.5 Å². The minimum Gasteiger partial charge on any atom is -0.496 e. The number of unbranched alkanes of at least 4 members (excludes halogenated alkanes) is 4. The Morgan fingerprint density at radius 2 is 1.89 bits per heavy atom. The third kappa shape index (κ3) is 4.69. The summed E-state index contributed by atoms with van der Waals surface area (Å²) in [7, 11) is 1.67. The molecule has 0 fully saturated rings. The van der Waals surface area contributed by atoms with Crippen molar-refractivity contribution in [2.45, 2.75) is 58.5 Å². The first kappa shape index (κ1) is 15.0. The molecule has 102 valence electrons. The molecule has 0 saturated heterocycles. The van der Waals surface area contributed by atoms with E-state index in [9.17, 15) is 5.11 Å². The predicted octanol–water partition coefficient (Wildman–Crippen LogP) is 4.40. The third-order valence-corrected chi connectivity index (χ3v) is 3.40. The fraction of sp³-hybridized carbons (Fsp3) is 0.625. The first-order valence-electron chi connectivity index (χ1n) is 7.01. The zero-order chi connectivity index (χ0) is 13.4. The van der Waals surface area contributed by atoms with Gasteiger partial charge in [-0.1, -0.05) is 51.2 Å². The van der Waals surface area contributed by atoms with E-state index in [1.54, 1.807) is 7.11 Å². The van der Waals surface area contributed by atoms with Crippen molar-refractivity contribution >= 4 is 0 Å². The lowest BCUT2D eigenvalue weighted by Crippen LogP contribution is -1.99. The van der Waals surface area contributed by atoms with Crippen molar-refractivity contribution < 1.29 is 9.84 Å². The van der Waals surface area contributed by atoms with Crippen LogP contribution in [0.4, 0.5) is 0 Å². The zero-order valence-corrected chi connectivity index (χ0v) is 11.9. The standard InChI is InChI=1S/C16H26O2/c1-4-5-6-7-8-9-15(17)14-11-10-13(2)16(12-14)18-3/h10-12,15,17H,4-9H2,1-3H3. The summed E-state index contributed by atoms with van der Waals surface area (Å²) in [6.45, 7) is 4.23. The molecule has 0 spiro atoms. The van der Waals surface area contributed by atoms with Gasteiger partial charge in [0.1, 0.15) is 5.75 Å². The van der Waals surface area contributed by atoms with Gasteiger partial charge in [0.25, 0.3) is 0 Å². The van der Waals surface area contributed by atoms with Gasteiger partial charge in [0, 0.05) is 0 Å². The number of aliphatic hydroxyl groups excluding tert-OH is 1. The highest BCUT2D eigenvalue weighted by molar-refractivity contribution is 5.37. The highest BCUT2D eigenvalue weighted by atomic mass is 16.5. The van der Waals surface area contributed by atoms with Gasteiger partial charge in [-0.3, -0.25) is 0 Å². The van der Waals surface area contributed by atoms with Crippen LogP contribution in [0.25, 0.3) is 0 Å². The van der Waals surface area contributed by atoms with Crippen molar-refractivity contribution in [1.29, 1.82) is 0 Å². The molecule has 0 aliphatic heterocycles. The van der Waals surface area contributed by atoms with Crippen LogP contribution in [-0.2, 0) is 0 Å². The molecule has 0 amide bonds. The van der Waals surface area contributed by atoms with Crippen LogP contribution >= 0.6 is 0 Å². The minimum absolute atomic E-state index is 0.360. The van der Waals surface area contributed by atoms with Crippen LogP contribution in [0.3, 0.4) is 0 Å². The number of aliphatic hydroxyl groups is 1. The van der Waals surface area contributed by atoms with Crippen LogP contribution in [0, 0.1) is 6.92 Å². The number of ether oxygens (including phenoxy) is 1. The molecule has 0 radical (unpaired) electrons. The van der Waals surface area contributed by atoms with Crippen molar-refractivity contribution in [2.24, 2.45) is 0 Å². The summed E-state index contributed by atoms with van der Waals surface area (Å²) < 4.78 is 5.28. The summed E-state index contributed by atoms with van der Waals surface area (Å²) in [6.07, 6.45) is 6.63. The van der Waals surface area contributed by atoms with Crippen LogP contribution < -0.4 is 4.74 Å². The normalized spacial score (nSPS) is 12.4. The fourth-order valence-electron chi connectivity index (χ4n) is 2.15. The maximum Gasteiger partial charge on any atom is 0.122 e. The summed E-state index contributed by atoms with van der Waals surface area (Å²) in [5.74, 6) is 0.859. The minimum atomic E-state index is -0.360. The molecule has 1 aromatic rings. The maximum atomic E-state index is 10.1. The van der Waals surface area contributed by atoms with Crippen LogP contribution in [0.1, 0.15) is 62.7 Å². The Morgan fingerprint density at radius 1 is 1.17 bits per heavy atom. The molecule has 0 aliphatic rings. The number of methoxy groups -OCH3 is 1. The van der Waals surface area contributed by atoms with Crippen LogP contribution in [0.2, 0.25) is 0 Å². The second kappa shape index (κ2) is 8.15. The number of rotatable bonds is 8. The molecular weight excluding hydrogens is 224 g/mol. The lowest BCUT2D eigenvalue weighted by atomic mass is 10.0. The van der Waals surface area contributed by atoms with E-state index in [1.165, 1.54) is 25.7 Å². The van der Waals surface area contributed by atoms with Crippen LogP contribution in [0.5, 0.6) is 5.75 Å². The van der Waals surface area contributed by atoms with E-state index in [4.69, 9.17) is 4.74 Å². The van der Waals surface area contributed by atoms with Crippen LogP contribution in [0.15, 0.2) is 18.2 Å². The molecule has 1 atom stereocenters. The molecule has 0 saturated carbocycles. The van der Waals surface area contributed by atoms with Crippen LogP contribution in [-0.4, -0.2) is 12.2 Å². The van der Waals surface area contributed by atoms with Crippen molar-refractivity contribution in [3.63, 3.8) is 0 Å². The molecule has 1 aromatic carbocycles. The Labute approximate surface area is 111 Å². The monoisotopic (exact) mass is 250 g/mol. The Balaban J connectivity index is 2.43. The van der Waals surface area contributed by atoms with Gasteiger partial charge in [0.2, 0.25) is 0 Å². The molecule has 1 N–H and O–H groups in total. The second-order valence-electron chi connectivity index (χ2n) is 4.95. The van der Waals surface area contributed by atoms with E-state index < -0.39 is 0 Å². The fourth-order valence-corrected chi connectivity index (χ4v) is 2.15. The molecule has 1 unspecified atom stereocenters. The summed E-state index contributed by atoms with van der Waals surface area (Å²) in [4.78, 5) is 0. The van der Waals surface area contributed by atoms with Crippen molar-refractivity contribution in [1.82, 2.24) is 0 Å². The largest absolute Gasteiger partial charge is 0.496 e. The molecule has 0 aliphatic carbocycles. The Bertz CT molecular complexity index is 347. The zero-order valence-electron chi connectivity index (χ0n) is 11.9. The summed E-state index contributed by atoms with van der Waals surface area (Å²) in [5, 5.41) is 10.1. The van der Waals surface area contributed by atoms with E-state index >= 15 is 0 Å². The van der Waals surface area contributed by atoms with E-state index in [-0.39, 0.29) is 6.10 Å². The van der Waals surface area contributed by atoms with E-state index in [0.29, 0.717) is 0 Å². The number of hydrogen-bond donors (Lipinski definition) is 1. The van der Waals surface area contributed by atoms with Crippen molar-refractivity contribution in [3.8, 4) is 5.75 Å². The van der Waals surface area contributed by atoms with Crippen molar-refractivity contribution in [3.05, 3.63) is 29.3 Å². The second-order valence-corrected chi connectivity index (χ2v) is 4.95. The van der Waals surface area contributed by atoms with E-state index in [2.05, 4.69) is 6.92 Å². The summed E-state index contributed by atoms with van der Waals surface area (Å²) >= 11 is 0. The molecule has 2 nitrogen and oxygen atoms in total. The van der Waals surface area contributed by atoms with Gasteiger partial charge in [0.05, 0.1) is 13.2 Å². The SMILES string of the molecule is CCCCCCCC(O)c1ccc(C)c(OC)c1. The third-order valence-electron chi connectivity index (χ3n) is 3.40. The smallest absolute Gasteiger partial charge is 0.122 e. The molecule has 0 aromatic heterocycles. The average Bonchev–Trinajstić information content (AvgIpc) is 2.38. The lowest BCUT2D eigenvalue weighted by molar-refractivity contribution is 0.163. The molecule has 0 heterocycles. The average molecular weight is 250 g/mol. The predicted molar refractivity (Wildman–Crippen MR) is 76.1 cm³/mol. The molecule has 0 bridgehead atoms. The molecule has 1 rings (SSSR count). The van der Waals surface area contributed by atoms with E-state index in [0.717, 1.165) is 29.7 Å². The van der Waals surface area contributed by atoms with Gasteiger partial charge >= 0.3 is 0 Å². The Morgan fingerprint density at radius 3 is 2.56 bits per heavy atom. The van der Waals surface area contributed by atoms with Gasteiger partial charge in [-0.25, -0.2) is 0 Å². The van der Waals surface area contributed by atoms with Gasteiger partial charge in [0.15, 0.2) is 0 Å². The maximum absolute atomic E-state index is 10.1. The number of aryl methyl sites for hydroxylation is 1. The van der Waals surface area contributed by atoms with Gasteiger partial charge in [-0.15, -0.1) is 0 Å². The highest BCUT2D eigenvalue weighted by Gasteiger charge is 2.09. The van der Waals surface area contributed by atoms with Crippen molar-refractivity contribution in [2.75, 3.05) is 7.11 Å². The summed E-state index contributed by atoms with van der Waals surface area (Å²) in [6, 6.07) is 5.95. The number of benzene rings is 1. The first-order valence-corrected chi connectivity index (χ1v) is 7.01. The first-order chi connectivity index (χ1) is 8.69. The highest BCUT2D eigenvalue weighted by Crippen LogP contribution is 2.26. The molecular formula is C16H26O2. The van der Waals surface area contributed by atoms with Gasteiger partial charge in [-0.05, 0) is 30.5 Å².